The van der Waals surface area contributed by atoms with Gasteiger partial charge in [0.05, 0.1) is 7.11 Å². The SMILES string of the molecule is CCCC1CCCC(O)(c2ccc(C(=O)OC)o2)CC1. The number of methoxy groups -OCH3 is 1. The maximum absolute atomic E-state index is 11.4. The molecule has 1 heterocycles. The van der Waals surface area contributed by atoms with Crippen LogP contribution in [0.25, 0.3) is 0 Å². The van der Waals surface area contributed by atoms with Gasteiger partial charge in [0.25, 0.3) is 0 Å². The van der Waals surface area contributed by atoms with Crippen LogP contribution in [0.3, 0.4) is 0 Å². The summed E-state index contributed by atoms with van der Waals surface area (Å²) in [6, 6.07) is 3.28. The molecular weight excluding hydrogens is 256 g/mol. The van der Waals surface area contributed by atoms with E-state index in [1.807, 2.05) is 0 Å². The maximum atomic E-state index is 11.4. The lowest BCUT2D eigenvalue weighted by atomic mass is 9.90. The van der Waals surface area contributed by atoms with Gasteiger partial charge >= 0.3 is 5.97 Å². The molecule has 2 unspecified atom stereocenters. The molecule has 1 aromatic heterocycles. The summed E-state index contributed by atoms with van der Waals surface area (Å²) in [7, 11) is 1.32. The van der Waals surface area contributed by atoms with Crippen molar-refractivity contribution in [3.05, 3.63) is 23.7 Å². The summed E-state index contributed by atoms with van der Waals surface area (Å²) < 4.78 is 10.1. The zero-order valence-corrected chi connectivity index (χ0v) is 12.4. The number of esters is 1. The van der Waals surface area contributed by atoms with Crippen LogP contribution in [-0.4, -0.2) is 18.2 Å². The van der Waals surface area contributed by atoms with E-state index in [4.69, 9.17) is 4.42 Å². The lowest BCUT2D eigenvalue weighted by Gasteiger charge is -2.24. The first-order valence-corrected chi connectivity index (χ1v) is 7.50. The third-order valence-corrected chi connectivity index (χ3v) is 4.32. The zero-order chi connectivity index (χ0) is 14.6. The summed E-state index contributed by atoms with van der Waals surface area (Å²) in [6.45, 7) is 2.20. The van der Waals surface area contributed by atoms with Gasteiger partial charge in [-0.1, -0.05) is 26.2 Å². The average molecular weight is 280 g/mol. The molecule has 1 aromatic rings. The Bertz CT molecular complexity index is 451. The first kappa shape index (κ1) is 15.1. The van der Waals surface area contributed by atoms with E-state index in [-0.39, 0.29) is 5.76 Å². The standard InChI is InChI=1S/C16H24O4/c1-3-5-12-6-4-10-16(18,11-9-12)14-8-7-13(20-14)15(17)19-2/h7-8,12,18H,3-6,9-11H2,1-2H3. The smallest absolute Gasteiger partial charge is 0.373 e. The largest absolute Gasteiger partial charge is 0.463 e. The summed E-state index contributed by atoms with van der Waals surface area (Å²) in [5, 5.41) is 10.8. The Morgan fingerprint density at radius 1 is 1.45 bits per heavy atom. The Morgan fingerprint density at radius 2 is 2.25 bits per heavy atom. The van der Waals surface area contributed by atoms with E-state index >= 15 is 0 Å². The van der Waals surface area contributed by atoms with Crippen LogP contribution in [0.4, 0.5) is 0 Å². The summed E-state index contributed by atoms with van der Waals surface area (Å²) in [6.07, 6.45) is 6.99. The van der Waals surface area contributed by atoms with E-state index < -0.39 is 11.6 Å². The lowest BCUT2D eigenvalue weighted by molar-refractivity contribution is -0.00274. The fraction of sp³-hybridized carbons (Fsp3) is 0.688. The van der Waals surface area contributed by atoms with E-state index in [0.29, 0.717) is 24.5 Å². The van der Waals surface area contributed by atoms with Crippen molar-refractivity contribution in [1.29, 1.82) is 0 Å². The molecule has 4 heteroatoms. The van der Waals surface area contributed by atoms with E-state index in [0.717, 1.165) is 12.8 Å². The predicted molar refractivity (Wildman–Crippen MR) is 75.4 cm³/mol. The highest BCUT2D eigenvalue weighted by molar-refractivity contribution is 5.86. The van der Waals surface area contributed by atoms with E-state index in [2.05, 4.69) is 11.7 Å². The number of hydrogen-bond acceptors (Lipinski definition) is 4. The molecule has 4 nitrogen and oxygen atoms in total. The van der Waals surface area contributed by atoms with Gasteiger partial charge < -0.3 is 14.3 Å². The molecule has 1 aliphatic carbocycles. The molecular formula is C16H24O4. The number of carbonyl (C=O) groups excluding carboxylic acids is 1. The minimum absolute atomic E-state index is 0.158. The number of furan rings is 1. The van der Waals surface area contributed by atoms with Crippen LogP contribution in [-0.2, 0) is 10.3 Å². The summed E-state index contributed by atoms with van der Waals surface area (Å²) >= 11 is 0. The molecule has 1 N–H and O–H groups in total. The van der Waals surface area contributed by atoms with Gasteiger partial charge in [-0.05, 0) is 43.7 Å². The Kier molecular flexibility index (Phi) is 4.86. The summed E-state index contributed by atoms with van der Waals surface area (Å²) in [5.74, 6) is 0.849. The van der Waals surface area contributed by atoms with E-state index in [9.17, 15) is 9.90 Å². The lowest BCUT2D eigenvalue weighted by Crippen LogP contribution is -2.24. The number of carbonyl (C=O) groups is 1. The quantitative estimate of drug-likeness (QED) is 0.675. The monoisotopic (exact) mass is 280 g/mol. The predicted octanol–water partition coefficient (Wildman–Crippen LogP) is 3.63. The van der Waals surface area contributed by atoms with Gasteiger partial charge in [-0.3, -0.25) is 0 Å². The van der Waals surface area contributed by atoms with Crippen LogP contribution < -0.4 is 0 Å². The second-order valence-electron chi connectivity index (χ2n) is 5.77. The normalized spacial score (nSPS) is 27.1. The highest BCUT2D eigenvalue weighted by Gasteiger charge is 2.35. The minimum Gasteiger partial charge on any atom is -0.463 e. The second kappa shape index (κ2) is 6.44. The number of ether oxygens (including phenoxy) is 1. The Labute approximate surface area is 120 Å². The third kappa shape index (κ3) is 3.23. The molecule has 0 spiro atoms. The van der Waals surface area contributed by atoms with Crippen molar-refractivity contribution in [2.45, 2.75) is 57.5 Å². The molecule has 0 aromatic carbocycles. The second-order valence-corrected chi connectivity index (χ2v) is 5.77. The third-order valence-electron chi connectivity index (χ3n) is 4.32. The molecule has 0 radical (unpaired) electrons. The molecule has 2 atom stereocenters. The average Bonchev–Trinajstić information content (AvgIpc) is 2.87. The summed E-state index contributed by atoms with van der Waals surface area (Å²) in [5.41, 5.74) is -0.936. The van der Waals surface area contributed by atoms with Crippen molar-refractivity contribution in [2.24, 2.45) is 5.92 Å². The molecule has 1 aliphatic rings. The van der Waals surface area contributed by atoms with Crippen LogP contribution in [0.5, 0.6) is 0 Å². The number of aliphatic hydroxyl groups is 1. The van der Waals surface area contributed by atoms with Gasteiger partial charge in [-0.15, -0.1) is 0 Å². The van der Waals surface area contributed by atoms with Crippen molar-refractivity contribution in [3.8, 4) is 0 Å². The molecule has 2 rings (SSSR count). The molecule has 0 amide bonds. The fourth-order valence-corrected chi connectivity index (χ4v) is 3.14. The van der Waals surface area contributed by atoms with Gasteiger partial charge in [0.2, 0.25) is 5.76 Å². The van der Waals surface area contributed by atoms with Crippen LogP contribution in [0.2, 0.25) is 0 Å². The molecule has 1 fully saturated rings. The first-order valence-electron chi connectivity index (χ1n) is 7.50. The van der Waals surface area contributed by atoms with Gasteiger partial charge in [-0.25, -0.2) is 4.79 Å². The highest BCUT2D eigenvalue weighted by Crippen LogP contribution is 2.39. The van der Waals surface area contributed by atoms with Crippen LogP contribution >= 0.6 is 0 Å². The van der Waals surface area contributed by atoms with Crippen molar-refractivity contribution in [1.82, 2.24) is 0 Å². The van der Waals surface area contributed by atoms with Gasteiger partial charge in [-0.2, -0.15) is 0 Å². The topological polar surface area (TPSA) is 59.7 Å². The molecule has 20 heavy (non-hydrogen) atoms. The molecule has 0 bridgehead atoms. The molecule has 0 aliphatic heterocycles. The van der Waals surface area contributed by atoms with Crippen LogP contribution in [0, 0.1) is 5.92 Å². The van der Waals surface area contributed by atoms with Gasteiger partial charge in [0.1, 0.15) is 11.4 Å². The Balaban J connectivity index is 2.10. The maximum Gasteiger partial charge on any atom is 0.373 e. The van der Waals surface area contributed by atoms with Crippen LogP contribution in [0.15, 0.2) is 16.5 Å². The van der Waals surface area contributed by atoms with Crippen molar-refractivity contribution in [2.75, 3.05) is 7.11 Å². The van der Waals surface area contributed by atoms with E-state index in [1.165, 1.54) is 26.4 Å². The number of hydrogen-bond donors (Lipinski definition) is 1. The van der Waals surface area contributed by atoms with Crippen molar-refractivity contribution in [3.63, 3.8) is 0 Å². The van der Waals surface area contributed by atoms with E-state index in [1.54, 1.807) is 12.1 Å². The molecule has 1 saturated carbocycles. The molecule has 112 valence electrons. The Hall–Kier alpha value is -1.29. The summed E-state index contributed by atoms with van der Waals surface area (Å²) in [4.78, 5) is 11.4. The van der Waals surface area contributed by atoms with Gasteiger partial charge in [0.15, 0.2) is 0 Å². The van der Waals surface area contributed by atoms with Crippen LogP contribution in [0.1, 0.15) is 68.2 Å². The minimum atomic E-state index is -0.936. The van der Waals surface area contributed by atoms with Gasteiger partial charge in [0, 0.05) is 0 Å². The fourth-order valence-electron chi connectivity index (χ4n) is 3.14. The zero-order valence-electron chi connectivity index (χ0n) is 12.4. The highest BCUT2D eigenvalue weighted by atomic mass is 16.5. The first-order chi connectivity index (χ1) is 9.59. The Morgan fingerprint density at radius 3 is 2.95 bits per heavy atom. The van der Waals surface area contributed by atoms with Crippen molar-refractivity contribution < 1.29 is 19.1 Å². The molecule has 0 saturated heterocycles. The number of rotatable bonds is 4. The van der Waals surface area contributed by atoms with Crippen molar-refractivity contribution >= 4 is 5.97 Å².